The third-order valence-electron chi connectivity index (χ3n) is 5.26. The molecule has 1 aliphatic heterocycles. The first-order valence-corrected chi connectivity index (χ1v) is 11.2. The van der Waals surface area contributed by atoms with Gasteiger partial charge in [-0.25, -0.2) is 9.59 Å². The Morgan fingerprint density at radius 2 is 1.38 bits per heavy atom. The first-order valence-electron chi connectivity index (χ1n) is 11.2. The second-order valence-electron chi connectivity index (χ2n) is 10.3. The van der Waals surface area contributed by atoms with Crippen LogP contribution in [0.4, 0.5) is 15.3 Å². The summed E-state index contributed by atoms with van der Waals surface area (Å²) in [5, 5.41) is 5.68. The Balaban J connectivity index is 2.20. The number of hydrogen-bond donors (Lipinski definition) is 2. The Morgan fingerprint density at radius 1 is 0.853 bits per heavy atom. The topological polar surface area (TPSA) is 97.0 Å². The average Bonchev–Trinajstić information content (AvgIpc) is 2.93. The Hall–Kier alpha value is -3.55. The molecule has 34 heavy (non-hydrogen) atoms. The van der Waals surface area contributed by atoms with Gasteiger partial charge in [0.25, 0.3) is 5.91 Å². The summed E-state index contributed by atoms with van der Waals surface area (Å²) in [5.74, 6) is -0.413. The predicted octanol–water partition coefficient (Wildman–Crippen LogP) is 4.65. The molecule has 0 saturated carbocycles. The highest BCUT2D eigenvalue weighted by molar-refractivity contribution is 6.09. The van der Waals surface area contributed by atoms with Crippen LogP contribution in [0.25, 0.3) is 0 Å². The van der Waals surface area contributed by atoms with E-state index in [2.05, 4.69) is 10.6 Å². The molecule has 2 aromatic rings. The Labute approximate surface area is 200 Å². The average molecular weight is 468 g/mol. The molecule has 0 fully saturated rings. The lowest BCUT2D eigenvalue weighted by Crippen LogP contribution is -2.60. The van der Waals surface area contributed by atoms with Crippen LogP contribution in [-0.4, -0.2) is 36.3 Å². The summed E-state index contributed by atoms with van der Waals surface area (Å²) in [4.78, 5) is 41.4. The summed E-state index contributed by atoms with van der Waals surface area (Å²) in [6.45, 7) is 10.5. The number of carbonyl (C=O) groups is 3. The van der Waals surface area contributed by atoms with Gasteiger partial charge in [0.1, 0.15) is 11.2 Å². The van der Waals surface area contributed by atoms with Gasteiger partial charge in [-0.3, -0.25) is 4.79 Å². The fourth-order valence-corrected chi connectivity index (χ4v) is 4.04. The van der Waals surface area contributed by atoms with E-state index < -0.39 is 40.9 Å². The van der Waals surface area contributed by atoms with E-state index in [1.165, 1.54) is 4.90 Å². The summed E-state index contributed by atoms with van der Waals surface area (Å²) >= 11 is 0. The standard InChI is InChI=1S/C26H33N3O5/c1-24(2,3)33-22(31)27-20(17-13-9-8-10-14-17)26(28-23(32)34-25(4,5)6)18-15-11-12-16-19(18)29(7)21(26)30/h8-16,20H,1-7H3,(H,27,31)(H,28,32)/t20-,26?/m0/s1. The first-order chi connectivity index (χ1) is 15.7. The van der Waals surface area contributed by atoms with Crippen LogP contribution in [0.1, 0.15) is 58.7 Å². The van der Waals surface area contributed by atoms with Crippen molar-refractivity contribution in [1.29, 1.82) is 0 Å². The maximum atomic E-state index is 13.9. The molecule has 8 nitrogen and oxygen atoms in total. The van der Waals surface area contributed by atoms with E-state index in [0.29, 0.717) is 16.8 Å². The minimum Gasteiger partial charge on any atom is -0.444 e. The molecule has 1 aliphatic rings. The lowest BCUT2D eigenvalue weighted by atomic mass is 9.80. The zero-order valence-electron chi connectivity index (χ0n) is 20.8. The molecule has 0 aliphatic carbocycles. The second-order valence-corrected chi connectivity index (χ2v) is 10.3. The molecule has 0 aromatic heterocycles. The van der Waals surface area contributed by atoms with E-state index in [1.807, 2.05) is 12.1 Å². The number of ether oxygens (including phenoxy) is 2. The van der Waals surface area contributed by atoms with Crippen LogP contribution in [0.3, 0.4) is 0 Å². The van der Waals surface area contributed by atoms with Gasteiger partial charge in [-0.2, -0.15) is 0 Å². The van der Waals surface area contributed by atoms with Gasteiger partial charge in [-0.1, -0.05) is 48.5 Å². The third kappa shape index (κ3) is 5.16. The van der Waals surface area contributed by atoms with Crippen molar-refractivity contribution in [3.63, 3.8) is 0 Å². The lowest BCUT2D eigenvalue weighted by molar-refractivity contribution is -0.125. The van der Waals surface area contributed by atoms with Gasteiger partial charge >= 0.3 is 12.2 Å². The van der Waals surface area contributed by atoms with Gasteiger partial charge in [-0.05, 0) is 53.2 Å². The Bertz CT molecular complexity index is 1070. The zero-order valence-corrected chi connectivity index (χ0v) is 20.8. The van der Waals surface area contributed by atoms with Gasteiger partial charge in [0.15, 0.2) is 5.54 Å². The summed E-state index contributed by atoms with van der Waals surface area (Å²) < 4.78 is 11.0. The number of amides is 3. The van der Waals surface area contributed by atoms with Crippen LogP contribution in [-0.2, 0) is 19.8 Å². The smallest absolute Gasteiger partial charge is 0.408 e. The molecule has 3 amide bonds. The van der Waals surface area contributed by atoms with E-state index in [-0.39, 0.29) is 0 Å². The van der Waals surface area contributed by atoms with Gasteiger partial charge in [0, 0.05) is 18.3 Å². The summed E-state index contributed by atoms with van der Waals surface area (Å²) in [6.07, 6.45) is -1.50. The normalized spacial score (nSPS) is 18.7. The number of rotatable bonds is 4. The number of hydrogen-bond acceptors (Lipinski definition) is 5. The van der Waals surface area contributed by atoms with Crippen molar-refractivity contribution < 1.29 is 23.9 Å². The highest BCUT2D eigenvalue weighted by atomic mass is 16.6. The third-order valence-corrected chi connectivity index (χ3v) is 5.26. The van der Waals surface area contributed by atoms with Crippen molar-refractivity contribution in [3.8, 4) is 0 Å². The number of anilines is 1. The van der Waals surface area contributed by atoms with Crippen LogP contribution in [0.2, 0.25) is 0 Å². The number of carbonyl (C=O) groups excluding carboxylic acids is 3. The first kappa shape index (κ1) is 25.1. The van der Waals surface area contributed by atoms with Crippen molar-refractivity contribution in [2.45, 2.75) is 64.3 Å². The van der Waals surface area contributed by atoms with Crippen molar-refractivity contribution >= 4 is 23.8 Å². The van der Waals surface area contributed by atoms with Crippen LogP contribution < -0.4 is 15.5 Å². The summed E-state index contributed by atoms with van der Waals surface area (Å²) in [5.41, 5.74) is -1.45. The van der Waals surface area contributed by atoms with Gasteiger partial charge in [0.2, 0.25) is 0 Å². The summed E-state index contributed by atoms with van der Waals surface area (Å²) in [6, 6.07) is 15.2. The van der Waals surface area contributed by atoms with E-state index >= 15 is 0 Å². The van der Waals surface area contributed by atoms with Crippen LogP contribution in [0.5, 0.6) is 0 Å². The van der Waals surface area contributed by atoms with Crippen LogP contribution >= 0.6 is 0 Å². The van der Waals surface area contributed by atoms with Crippen LogP contribution in [0, 0.1) is 0 Å². The maximum Gasteiger partial charge on any atom is 0.408 e. The minimum atomic E-state index is -1.67. The number of fused-ring (bicyclic) bond motifs is 1. The number of benzene rings is 2. The molecule has 1 unspecified atom stereocenters. The maximum absolute atomic E-state index is 13.9. The molecule has 2 atom stereocenters. The number of likely N-dealkylation sites (N-methyl/N-ethyl adjacent to an activating group) is 1. The van der Waals surface area contributed by atoms with Gasteiger partial charge in [0.05, 0.1) is 6.04 Å². The molecule has 182 valence electrons. The van der Waals surface area contributed by atoms with Crippen molar-refractivity contribution in [2.75, 3.05) is 11.9 Å². The number of alkyl carbamates (subject to hydrolysis) is 2. The number of nitrogens with one attached hydrogen (secondary N) is 2. The highest BCUT2D eigenvalue weighted by Crippen LogP contribution is 2.47. The van der Waals surface area contributed by atoms with E-state index in [4.69, 9.17) is 9.47 Å². The highest BCUT2D eigenvalue weighted by Gasteiger charge is 2.57. The number of para-hydroxylation sites is 1. The van der Waals surface area contributed by atoms with Crippen molar-refractivity contribution in [3.05, 3.63) is 65.7 Å². The van der Waals surface area contributed by atoms with Crippen molar-refractivity contribution in [1.82, 2.24) is 10.6 Å². The molecule has 0 bridgehead atoms. The molecule has 8 heteroatoms. The lowest BCUT2D eigenvalue weighted by Gasteiger charge is -2.38. The Morgan fingerprint density at radius 3 is 1.97 bits per heavy atom. The van der Waals surface area contributed by atoms with Gasteiger partial charge < -0.3 is 25.0 Å². The SMILES string of the molecule is CN1C(=O)C(NC(=O)OC(C)(C)C)([C@@H](NC(=O)OC(C)(C)C)c2ccccc2)c2ccccc21. The fraction of sp³-hybridized carbons (Fsp3) is 0.423. The second kappa shape index (κ2) is 9.00. The van der Waals surface area contributed by atoms with E-state index in [1.54, 1.807) is 91.1 Å². The molecule has 0 spiro atoms. The van der Waals surface area contributed by atoms with Crippen molar-refractivity contribution in [2.24, 2.45) is 0 Å². The zero-order chi connectivity index (χ0) is 25.3. The predicted molar refractivity (Wildman–Crippen MR) is 129 cm³/mol. The fourth-order valence-electron chi connectivity index (χ4n) is 4.04. The largest absolute Gasteiger partial charge is 0.444 e. The molecule has 2 aromatic carbocycles. The molecule has 1 heterocycles. The molecule has 2 N–H and O–H groups in total. The molecule has 3 rings (SSSR count). The molecular weight excluding hydrogens is 434 g/mol. The van der Waals surface area contributed by atoms with Gasteiger partial charge in [-0.15, -0.1) is 0 Å². The Kier molecular flexibility index (Phi) is 6.64. The molecule has 0 radical (unpaired) electrons. The van der Waals surface area contributed by atoms with E-state index in [9.17, 15) is 14.4 Å². The monoisotopic (exact) mass is 467 g/mol. The van der Waals surface area contributed by atoms with Crippen LogP contribution in [0.15, 0.2) is 54.6 Å². The summed E-state index contributed by atoms with van der Waals surface area (Å²) in [7, 11) is 1.63. The minimum absolute atomic E-state index is 0.413. The molecular formula is C26H33N3O5. The molecule has 0 saturated heterocycles. The quantitative estimate of drug-likeness (QED) is 0.682. The van der Waals surface area contributed by atoms with E-state index in [0.717, 1.165) is 0 Å². The number of nitrogens with zero attached hydrogens (tertiary/aromatic N) is 1.